The zero-order valence-electron chi connectivity index (χ0n) is 13.5. The second kappa shape index (κ2) is 8.01. The van der Waals surface area contributed by atoms with Crippen LogP contribution in [-0.2, 0) is 0 Å². The summed E-state index contributed by atoms with van der Waals surface area (Å²) in [4.78, 5) is 12.1. The highest BCUT2D eigenvalue weighted by atomic mass is 32.2. The van der Waals surface area contributed by atoms with Gasteiger partial charge in [0.15, 0.2) is 5.82 Å². The van der Waals surface area contributed by atoms with Gasteiger partial charge in [-0.2, -0.15) is 8.78 Å². The lowest BCUT2D eigenvalue weighted by Crippen LogP contribution is -2.18. The predicted octanol–water partition coefficient (Wildman–Crippen LogP) is 2.53. The van der Waals surface area contributed by atoms with Gasteiger partial charge >= 0.3 is 6.61 Å². The smallest absolute Gasteiger partial charge is 0.387 e. The average Bonchev–Trinajstić information content (AvgIpc) is 3.02. The van der Waals surface area contributed by atoms with Crippen molar-refractivity contribution in [2.45, 2.75) is 16.7 Å². The van der Waals surface area contributed by atoms with Crippen LogP contribution >= 0.6 is 11.8 Å². The molecule has 2 aromatic carbocycles. The van der Waals surface area contributed by atoms with Crippen molar-refractivity contribution >= 4 is 17.7 Å². The molecular weight excluding hydrogens is 380 g/mol. The molecule has 11 heteroatoms. The fourth-order valence-electron chi connectivity index (χ4n) is 2.17. The molecule has 27 heavy (non-hydrogen) atoms. The van der Waals surface area contributed by atoms with Crippen LogP contribution in [-0.4, -0.2) is 32.6 Å². The number of halogens is 2. The van der Waals surface area contributed by atoms with Gasteiger partial charge in [-0.25, -0.2) is 10.2 Å². The minimum atomic E-state index is -2.90. The van der Waals surface area contributed by atoms with Crippen molar-refractivity contribution in [3.8, 4) is 17.1 Å². The van der Waals surface area contributed by atoms with Crippen molar-refractivity contribution in [1.29, 1.82) is 0 Å². The molecule has 0 aliphatic carbocycles. The summed E-state index contributed by atoms with van der Waals surface area (Å²) in [6, 6.07) is 12.3. The van der Waals surface area contributed by atoms with E-state index in [9.17, 15) is 13.6 Å². The molecule has 3 aromatic rings. The molecule has 0 saturated heterocycles. The molecule has 4 N–H and O–H groups in total. The Hall–Kier alpha value is -3.18. The molecule has 0 aliphatic rings. The average molecular weight is 393 g/mol. The predicted molar refractivity (Wildman–Crippen MR) is 92.1 cm³/mol. The Balaban J connectivity index is 1.76. The zero-order valence-corrected chi connectivity index (χ0v) is 14.4. The molecule has 0 atom stereocenters. The number of hydrogen-bond donors (Lipinski definition) is 3. The Morgan fingerprint density at radius 1 is 1.15 bits per heavy atom. The van der Waals surface area contributed by atoms with Crippen molar-refractivity contribution < 1.29 is 23.5 Å². The molecule has 1 amide bonds. The van der Waals surface area contributed by atoms with Gasteiger partial charge in [-0.05, 0) is 60.3 Å². The molecule has 0 saturated carbocycles. The summed E-state index contributed by atoms with van der Waals surface area (Å²) in [7, 11) is 0. The number of amides is 1. The number of aromatic nitrogens is 3. The number of nitrogens with zero attached hydrogens (tertiary/aromatic N) is 3. The summed E-state index contributed by atoms with van der Waals surface area (Å²) in [5, 5.41) is 17.0. The van der Waals surface area contributed by atoms with Gasteiger partial charge in [0.25, 0.3) is 5.91 Å². The van der Waals surface area contributed by atoms with Crippen molar-refractivity contribution in [3.63, 3.8) is 0 Å². The number of carbonyl (C=O) groups excluding carboxylic acids is 1. The maximum absolute atomic E-state index is 12.2. The van der Waals surface area contributed by atoms with Gasteiger partial charge in [0.05, 0.1) is 0 Å². The van der Waals surface area contributed by atoms with Crippen LogP contribution in [0.4, 0.5) is 8.78 Å². The Kier molecular flexibility index (Phi) is 5.52. The maximum Gasteiger partial charge on any atom is 0.387 e. The fourth-order valence-corrected chi connectivity index (χ4v) is 2.92. The third kappa shape index (κ3) is 4.33. The molecule has 1 aromatic heterocycles. The Morgan fingerprint density at radius 3 is 2.41 bits per heavy atom. The maximum atomic E-state index is 12.2. The van der Waals surface area contributed by atoms with Crippen LogP contribution in [0.5, 0.6) is 5.75 Å². The molecule has 3 rings (SSSR count). The highest BCUT2D eigenvalue weighted by Gasteiger charge is 2.14. The van der Waals surface area contributed by atoms with E-state index < -0.39 is 12.5 Å². The lowest BCUT2D eigenvalue weighted by atomic mass is 10.2. The first-order valence-electron chi connectivity index (χ1n) is 7.46. The first-order chi connectivity index (χ1) is 13.0. The molecular formula is C16H13F2N5O3S. The van der Waals surface area contributed by atoms with E-state index >= 15 is 0 Å². The Bertz CT molecular complexity index is 932. The van der Waals surface area contributed by atoms with E-state index in [0.29, 0.717) is 22.1 Å². The van der Waals surface area contributed by atoms with Gasteiger partial charge in [0.2, 0.25) is 5.16 Å². The zero-order chi connectivity index (χ0) is 19.4. The van der Waals surface area contributed by atoms with Gasteiger partial charge in [-0.1, -0.05) is 0 Å². The van der Waals surface area contributed by atoms with Crippen molar-refractivity contribution in [2.24, 2.45) is 0 Å². The number of alkyl halides is 2. The van der Waals surface area contributed by atoms with Crippen LogP contribution < -0.4 is 16.1 Å². The van der Waals surface area contributed by atoms with Crippen molar-refractivity contribution in [3.05, 3.63) is 54.1 Å². The van der Waals surface area contributed by atoms with E-state index in [1.807, 2.05) is 0 Å². The summed E-state index contributed by atoms with van der Waals surface area (Å²) in [6.07, 6.45) is 0. The van der Waals surface area contributed by atoms with Crippen LogP contribution in [0.2, 0.25) is 0 Å². The highest BCUT2D eigenvalue weighted by Crippen LogP contribution is 2.29. The van der Waals surface area contributed by atoms with Crippen LogP contribution in [0.15, 0.2) is 58.6 Å². The minimum absolute atomic E-state index is 0.0263. The topological polar surface area (TPSA) is 115 Å². The van der Waals surface area contributed by atoms with E-state index in [1.54, 1.807) is 29.7 Å². The fraction of sp³-hybridized carbons (Fsp3) is 0.0625. The van der Waals surface area contributed by atoms with Crippen molar-refractivity contribution in [1.82, 2.24) is 20.4 Å². The summed E-state index contributed by atoms with van der Waals surface area (Å²) in [5.74, 6) is 5.78. The standard InChI is InChI=1S/C16H13F2N5O3S/c17-15(18)26-11-5-1-9(2-6-11)13-20-21-16(23(13)19)27-12-7-3-10(4-8-12)14(24)22-25/h1-8,15,25H,19H2,(H,22,24). The highest BCUT2D eigenvalue weighted by molar-refractivity contribution is 7.99. The number of rotatable bonds is 6. The van der Waals surface area contributed by atoms with Crippen molar-refractivity contribution in [2.75, 3.05) is 5.84 Å². The second-order valence-corrected chi connectivity index (χ2v) is 6.19. The number of hydroxylamine groups is 1. The molecule has 0 spiro atoms. The number of carbonyl (C=O) groups is 1. The van der Waals surface area contributed by atoms with Gasteiger partial charge in [-0.3, -0.25) is 10.0 Å². The summed E-state index contributed by atoms with van der Waals surface area (Å²) >= 11 is 1.22. The van der Waals surface area contributed by atoms with Gasteiger partial charge in [-0.15, -0.1) is 10.2 Å². The molecule has 0 radical (unpaired) electrons. The minimum Gasteiger partial charge on any atom is -0.435 e. The summed E-state index contributed by atoms with van der Waals surface area (Å²) < 4.78 is 30.0. The number of nitrogens with two attached hydrogens (primary N) is 1. The monoisotopic (exact) mass is 393 g/mol. The van der Waals surface area contributed by atoms with Crippen LogP contribution in [0.3, 0.4) is 0 Å². The molecule has 0 unspecified atom stereocenters. The molecule has 0 fully saturated rings. The van der Waals surface area contributed by atoms with E-state index in [2.05, 4.69) is 14.9 Å². The van der Waals surface area contributed by atoms with Gasteiger partial charge in [0.1, 0.15) is 5.75 Å². The molecule has 0 bridgehead atoms. The third-order valence-corrected chi connectivity index (χ3v) is 4.40. The van der Waals surface area contributed by atoms with E-state index in [-0.39, 0.29) is 5.75 Å². The number of nitrogens with one attached hydrogen (secondary N) is 1. The largest absolute Gasteiger partial charge is 0.435 e. The van der Waals surface area contributed by atoms with E-state index in [0.717, 1.165) is 4.90 Å². The number of benzene rings is 2. The number of nitrogen functional groups attached to an aromatic ring is 1. The molecule has 0 aliphatic heterocycles. The first kappa shape index (κ1) is 18.6. The van der Waals surface area contributed by atoms with E-state index in [1.165, 1.54) is 40.7 Å². The normalized spacial score (nSPS) is 10.8. The van der Waals surface area contributed by atoms with E-state index in [4.69, 9.17) is 11.0 Å². The Morgan fingerprint density at radius 2 is 1.81 bits per heavy atom. The lowest BCUT2D eigenvalue weighted by molar-refractivity contribution is -0.0498. The second-order valence-electron chi connectivity index (χ2n) is 5.15. The van der Waals surface area contributed by atoms with Gasteiger partial charge < -0.3 is 10.6 Å². The summed E-state index contributed by atoms with van der Waals surface area (Å²) in [5.41, 5.74) is 2.42. The molecule has 1 heterocycles. The first-order valence-corrected chi connectivity index (χ1v) is 8.27. The summed E-state index contributed by atoms with van der Waals surface area (Å²) in [6.45, 7) is -2.90. The molecule has 140 valence electrons. The van der Waals surface area contributed by atoms with Crippen LogP contribution in [0.1, 0.15) is 10.4 Å². The lowest BCUT2D eigenvalue weighted by Gasteiger charge is -2.06. The van der Waals surface area contributed by atoms with Gasteiger partial charge in [0, 0.05) is 16.0 Å². The quantitative estimate of drug-likeness (QED) is 0.335. The molecule has 8 nitrogen and oxygen atoms in total. The van der Waals surface area contributed by atoms with Crippen LogP contribution in [0.25, 0.3) is 11.4 Å². The Labute approximate surface area is 155 Å². The third-order valence-electron chi connectivity index (χ3n) is 3.43. The number of hydrogen-bond acceptors (Lipinski definition) is 7. The SMILES string of the molecule is Nn1c(Sc2ccc(C(=O)NO)cc2)nnc1-c1ccc(OC(F)F)cc1. The van der Waals surface area contributed by atoms with Crippen LogP contribution in [0, 0.1) is 0 Å². The number of ether oxygens (including phenoxy) is 1.